The van der Waals surface area contributed by atoms with Gasteiger partial charge in [0.2, 0.25) is 0 Å². The van der Waals surface area contributed by atoms with Crippen molar-refractivity contribution in [2.24, 2.45) is 0 Å². The number of cyclic esters (lactones) is 1. The van der Waals surface area contributed by atoms with Crippen LogP contribution in [0.4, 0.5) is 0 Å². The van der Waals surface area contributed by atoms with Crippen LogP contribution in [0, 0.1) is 0 Å². The van der Waals surface area contributed by atoms with Crippen molar-refractivity contribution in [2.45, 2.75) is 5.79 Å². The highest BCUT2D eigenvalue weighted by Crippen LogP contribution is 2.21. The Morgan fingerprint density at radius 3 is 2.30 bits per heavy atom. The van der Waals surface area contributed by atoms with E-state index < -0.39 is 5.79 Å². The normalized spacial score (nSPS) is 21.8. The van der Waals surface area contributed by atoms with Crippen molar-refractivity contribution in [1.82, 2.24) is 0 Å². The minimum absolute atomic E-state index is 0.0297. The number of hydrogen-bond donors (Lipinski definition) is 0. The largest absolute Gasteiger partial charge is 0.424 e. The third-order valence-corrected chi connectivity index (χ3v) is 1.26. The van der Waals surface area contributed by atoms with Gasteiger partial charge in [-0.25, -0.2) is 4.79 Å². The first-order chi connectivity index (χ1) is 4.72. The zero-order valence-corrected chi connectivity index (χ0v) is 5.50. The topological polar surface area (TPSA) is 35.5 Å². The van der Waals surface area contributed by atoms with Gasteiger partial charge in [-0.3, -0.25) is 0 Å². The molecule has 0 unspecified atom stereocenters. The van der Waals surface area contributed by atoms with Crippen molar-refractivity contribution in [3.63, 3.8) is 0 Å². The molecule has 1 aliphatic heterocycles. The number of carbonyl (C=O) groups excluding carboxylic acids is 1. The van der Waals surface area contributed by atoms with E-state index in [-0.39, 0.29) is 12.6 Å². The molecule has 1 heterocycles. The standard InChI is InChI=1S/C7H8O3/c1-3-7(4-2)9-5-6(8)10-7/h3-4H,1-2,5H2. The van der Waals surface area contributed by atoms with Gasteiger partial charge in [0.05, 0.1) is 0 Å². The quantitative estimate of drug-likeness (QED) is 0.417. The lowest BCUT2D eigenvalue weighted by atomic mass is 10.3. The molecule has 1 aliphatic rings. The van der Waals surface area contributed by atoms with Gasteiger partial charge in [0, 0.05) is 0 Å². The molecule has 0 N–H and O–H groups in total. The van der Waals surface area contributed by atoms with Crippen molar-refractivity contribution in [3.05, 3.63) is 25.3 Å². The molecule has 1 saturated heterocycles. The average molecular weight is 140 g/mol. The lowest BCUT2D eigenvalue weighted by molar-refractivity contribution is -0.147. The van der Waals surface area contributed by atoms with Gasteiger partial charge in [0.15, 0.2) is 0 Å². The Kier molecular flexibility index (Phi) is 1.59. The lowest BCUT2D eigenvalue weighted by Gasteiger charge is -2.16. The zero-order chi connectivity index (χ0) is 7.61. The minimum atomic E-state index is -1.07. The summed E-state index contributed by atoms with van der Waals surface area (Å²) >= 11 is 0. The maximum Gasteiger partial charge on any atom is 0.335 e. The predicted octanol–water partition coefficient (Wildman–Crippen LogP) is 0.628. The highest BCUT2D eigenvalue weighted by atomic mass is 16.8. The lowest BCUT2D eigenvalue weighted by Crippen LogP contribution is -2.23. The molecule has 0 aromatic carbocycles. The van der Waals surface area contributed by atoms with Gasteiger partial charge in [-0.1, -0.05) is 13.2 Å². The van der Waals surface area contributed by atoms with E-state index in [1.807, 2.05) is 0 Å². The van der Waals surface area contributed by atoms with E-state index in [9.17, 15) is 4.79 Å². The molecule has 0 aromatic rings. The molecule has 10 heavy (non-hydrogen) atoms. The summed E-state index contributed by atoms with van der Waals surface area (Å²) < 4.78 is 9.69. The number of rotatable bonds is 2. The Labute approximate surface area is 58.9 Å². The van der Waals surface area contributed by atoms with Crippen LogP contribution in [0.15, 0.2) is 25.3 Å². The third-order valence-electron chi connectivity index (χ3n) is 1.26. The van der Waals surface area contributed by atoms with Crippen LogP contribution in [0.5, 0.6) is 0 Å². The fourth-order valence-electron chi connectivity index (χ4n) is 0.693. The van der Waals surface area contributed by atoms with E-state index in [2.05, 4.69) is 13.2 Å². The molecule has 0 saturated carbocycles. The Balaban J connectivity index is 2.77. The molecule has 0 aliphatic carbocycles. The first kappa shape index (κ1) is 7.02. The van der Waals surface area contributed by atoms with Gasteiger partial charge < -0.3 is 9.47 Å². The van der Waals surface area contributed by atoms with Crippen LogP contribution in [0.1, 0.15) is 0 Å². The average Bonchev–Trinajstić information content (AvgIpc) is 2.33. The second-order valence-electron chi connectivity index (χ2n) is 1.89. The van der Waals surface area contributed by atoms with E-state index in [1.54, 1.807) is 0 Å². The van der Waals surface area contributed by atoms with Crippen molar-refractivity contribution >= 4 is 5.97 Å². The summed E-state index contributed by atoms with van der Waals surface area (Å²) in [5.41, 5.74) is 0. The highest BCUT2D eigenvalue weighted by Gasteiger charge is 2.35. The molecule has 0 amide bonds. The maximum absolute atomic E-state index is 10.5. The van der Waals surface area contributed by atoms with Crippen molar-refractivity contribution in [3.8, 4) is 0 Å². The number of carbonyl (C=O) groups is 1. The van der Waals surface area contributed by atoms with Crippen molar-refractivity contribution < 1.29 is 14.3 Å². The van der Waals surface area contributed by atoms with Crippen LogP contribution in [-0.2, 0) is 14.3 Å². The fraction of sp³-hybridized carbons (Fsp3) is 0.286. The molecular formula is C7H8O3. The minimum Gasteiger partial charge on any atom is -0.424 e. The Bertz CT molecular complexity index is 175. The van der Waals surface area contributed by atoms with Gasteiger partial charge in [-0.15, -0.1) is 0 Å². The van der Waals surface area contributed by atoms with Crippen LogP contribution < -0.4 is 0 Å². The summed E-state index contributed by atoms with van der Waals surface area (Å²) in [7, 11) is 0. The van der Waals surface area contributed by atoms with Crippen molar-refractivity contribution in [2.75, 3.05) is 6.61 Å². The van der Waals surface area contributed by atoms with E-state index in [0.29, 0.717) is 0 Å². The molecule has 1 fully saturated rings. The van der Waals surface area contributed by atoms with Gasteiger partial charge in [0.1, 0.15) is 6.61 Å². The first-order valence-corrected chi connectivity index (χ1v) is 2.85. The Hall–Kier alpha value is -1.09. The summed E-state index contributed by atoms with van der Waals surface area (Å²) in [5, 5.41) is 0. The van der Waals surface area contributed by atoms with Crippen LogP contribution in [0.2, 0.25) is 0 Å². The number of esters is 1. The van der Waals surface area contributed by atoms with Gasteiger partial charge >= 0.3 is 5.97 Å². The van der Waals surface area contributed by atoms with Crippen LogP contribution in [0.3, 0.4) is 0 Å². The maximum atomic E-state index is 10.5. The molecule has 0 aromatic heterocycles. The molecule has 0 atom stereocenters. The molecule has 0 spiro atoms. The summed E-state index contributed by atoms with van der Waals surface area (Å²) in [4.78, 5) is 10.5. The van der Waals surface area contributed by atoms with E-state index in [1.165, 1.54) is 12.2 Å². The molecule has 0 radical (unpaired) electrons. The SMILES string of the molecule is C=CC1(C=C)OCC(=O)O1. The van der Waals surface area contributed by atoms with Gasteiger partial charge in [-0.05, 0) is 12.2 Å². The smallest absolute Gasteiger partial charge is 0.335 e. The second-order valence-corrected chi connectivity index (χ2v) is 1.89. The molecular weight excluding hydrogens is 132 g/mol. The Morgan fingerprint density at radius 1 is 1.50 bits per heavy atom. The van der Waals surface area contributed by atoms with Gasteiger partial charge in [-0.2, -0.15) is 0 Å². The Morgan fingerprint density at radius 2 is 2.10 bits per heavy atom. The third kappa shape index (κ3) is 0.953. The molecule has 0 bridgehead atoms. The number of hydrogen-bond acceptors (Lipinski definition) is 3. The van der Waals surface area contributed by atoms with E-state index in [0.717, 1.165) is 0 Å². The van der Waals surface area contributed by atoms with Crippen LogP contribution in [0.25, 0.3) is 0 Å². The number of ether oxygens (including phenoxy) is 2. The highest BCUT2D eigenvalue weighted by molar-refractivity contribution is 5.73. The van der Waals surface area contributed by atoms with E-state index >= 15 is 0 Å². The van der Waals surface area contributed by atoms with Crippen LogP contribution >= 0.6 is 0 Å². The molecule has 54 valence electrons. The van der Waals surface area contributed by atoms with Crippen LogP contribution in [-0.4, -0.2) is 18.4 Å². The summed E-state index contributed by atoms with van der Waals surface area (Å²) in [6, 6.07) is 0. The molecule has 3 nitrogen and oxygen atoms in total. The predicted molar refractivity (Wildman–Crippen MR) is 35.2 cm³/mol. The van der Waals surface area contributed by atoms with Crippen molar-refractivity contribution in [1.29, 1.82) is 0 Å². The molecule has 1 rings (SSSR count). The van der Waals surface area contributed by atoms with E-state index in [4.69, 9.17) is 9.47 Å². The first-order valence-electron chi connectivity index (χ1n) is 2.85. The zero-order valence-electron chi connectivity index (χ0n) is 5.50. The summed E-state index contributed by atoms with van der Waals surface area (Å²) in [5.74, 6) is -1.46. The van der Waals surface area contributed by atoms with Gasteiger partial charge in [0.25, 0.3) is 5.79 Å². The molecule has 3 heteroatoms. The summed E-state index contributed by atoms with van der Waals surface area (Å²) in [6.45, 7) is 6.86. The monoisotopic (exact) mass is 140 g/mol. The fourth-order valence-corrected chi connectivity index (χ4v) is 0.693. The second kappa shape index (κ2) is 2.27. The summed E-state index contributed by atoms with van der Waals surface area (Å²) in [6.07, 6.45) is 2.79.